The summed E-state index contributed by atoms with van der Waals surface area (Å²) in [4.78, 5) is 12.3. The summed E-state index contributed by atoms with van der Waals surface area (Å²) in [7, 11) is 1.31. The first-order valence-corrected chi connectivity index (χ1v) is 9.56. The molecule has 0 aliphatic carbocycles. The van der Waals surface area contributed by atoms with Gasteiger partial charge in [-0.3, -0.25) is 4.79 Å². The van der Waals surface area contributed by atoms with E-state index in [9.17, 15) is 9.90 Å². The van der Waals surface area contributed by atoms with Crippen LogP contribution in [0.2, 0.25) is 0 Å². The lowest BCUT2D eigenvalue weighted by Gasteiger charge is -2.38. The fourth-order valence-corrected chi connectivity index (χ4v) is 3.45. The lowest BCUT2D eigenvalue weighted by Crippen LogP contribution is -2.42. The summed E-state index contributed by atoms with van der Waals surface area (Å²) >= 11 is 0. The summed E-state index contributed by atoms with van der Waals surface area (Å²) in [6, 6.07) is 29.7. The average Bonchev–Trinajstić information content (AvgIpc) is 2.81. The zero-order chi connectivity index (χ0) is 20.7. The highest BCUT2D eigenvalue weighted by Gasteiger charge is 2.42. The summed E-state index contributed by atoms with van der Waals surface area (Å²) in [5, 5.41) is 9.91. The lowest BCUT2D eigenvalue weighted by molar-refractivity contribution is -0.161. The highest BCUT2D eigenvalue weighted by Crippen LogP contribution is 2.41. The van der Waals surface area contributed by atoms with E-state index in [1.807, 2.05) is 91.0 Å². The summed E-state index contributed by atoms with van der Waals surface area (Å²) < 4.78 is 11.5. The number of esters is 1. The monoisotopic (exact) mass is 390 g/mol. The molecule has 1 N–H and O–H groups in total. The Labute approximate surface area is 171 Å². The highest BCUT2D eigenvalue weighted by atomic mass is 16.5. The molecule has 3 aromatic rings. The van der Waals surface area contributed by atoms with Gasteiger partial charge in [-0.2, -0.15) is 0 Å². The Morgan fingerprint density at radius 3 is 1.48 bits per heavy atom. The van der Waals surface area contributed by atoms with Crippen LogP contribution in [-0.4, -0.2) is 31.4 Å². The minimum atomic E-state index is -1.18. The molecule has 150 valence electrons. The zero-order valence-corrected chi connectivity index (χ0v) is 16.7. The van der Waals surface area contributed by atoms with Crippen molar-refractivity contribution in [1.82, 2.24) is 0 Å². The molecule has 0 saturated heterocycles. The van der Waals surface area contributed by atoms with Crippen LogP contribution in [-0.2, 0) is 19.9 Å². The maximum Gasteiger partial charge on any atom is 0.316 e. The highest BCUT2D eigenvalue weighted by molar-refractivity contribution is 5.76. The number of methoxy groups -OCH3 is 1. The van der Waals surface area contributed by atoms with Crippen LogP contribution in [0.15, 0.2) is 91.0 Å². The van der Waals surface area contributed by atoms with Crippen LogP contribution in [0, 0.1) is 5.41 Å². The van der Waals surface area contributed by atoms with Gasteiger partial charge in [0.05, 0.1) is 20.3 Å². The summed E-state index contributed by atoms with van der Waals surface area (Å²) in [6.45, 7) is 1.24. The van der Waals surface area contributed by atoms with Gasteiger partial charge in [0.1, 0.15) is 11.0 Å². The van der Waals surface area contributed by atoms with Crippen molar-refractivity contribution < 1.29 is 19.4 Å². The van der Waals surface area contributed by atoms with Crippen LogP contribution in [0.5, 0.6) is 0 Å². The second kappa shape index (κ2) is 9.03. The average molecular weight is 390 g/mol. The van der Waals surface area contributed by atoms with Gasteiger partial charge in [-0.05, 0) is 23.6 Å². The predicted molar refractivity (Wildman–Crippen MR) is 112 cm³/mol. The van der Waals surface area contributed by atoms with E-state index in [-0.39, 0.29) is 13.2 Å². The van der Waals surface area contributed by atoms with E-state index in [0.29, 0.717) is 0 Å². The van der Waals surface area contributed by atoms with Crippen molar-refractivity contribution in [3.05, 3.63) is 108 Å². The molecule has 3 aromatic carbocycles. The van der Waals surface area contributed by atoms with E-state index >= 15 is 0 Å². The second-order valence-electron chi connectivity index (χ2n) is 7.28. The summed E-state index contributed by atoms with van der Waals surface area (Å²) in [6.07, 6.45) is 0. The van der Waals surface area contributed by atoms with Crippen molar-refractivity contribution >= 4 is 5.97 Å². The molecule has 0 aromatic heterocycles. The Morgan fingerprint density at radius 2 is 1.17 bits per heavy atom. The molecule has 0 amide bonds. The van der Waals surface area contributed by atoms with E-state index in [2.05, 4.69) is 0 Å². The Balaban J connectivity index is 2.19. The molecule has 0 fully saturated rings. The molecular weight excluding hydrogens is 364 g/mol. The van der Waals surface area contributed by atoms with Crippen LogP contribution >= 0.6 is 0 Å². The SMILES string of the molecule is COC(=O)[C@](C)(CO)COC(c1ccccc1)(c1ccccc1)c1ccccc1. The second-order valence-corrected chi connectivity index (χ2v) is 7.28. The number of carbonyl (C=O) groups is 1. The molecule has 0 heterocycles. The van der Waals surface area contributed by atoms with Crippen LogP contribution < -0.4 is 0 Å². The van der Waals surface area contributed by atoms with Crippen molar-refractivity contribution in [1.29, 1.82) is 0 Å². The van der Waals surface area contributed by atoms with E-state index in [1.165, 1.54) is 7.11 Å². The smallest absolute Gasteiger partial charge is 0.316 e. The Hall–Kier alpha value is -2.95. The third kappa shape index (κ3) is 4.09. The maximum absolute atomic E-state index is 12.3. The molecular formula is C25H26O4. The number of hydrogen-bond donors (Lipinski definition) is 1. The third-order valence-electron chi connectivity index (χ3n) is 5.18. The molecule has 1 atom stereocenters. The van der Waals surface area contributed by atoms with Crippen molar-refractivity contribution in [2.75, 3.05) is 20.3 Å². The van der Waals surface area contributed by atoms with Crippen molar-refractivity contribution in [2.45, 2.75) is 12.5 Å². The zero-order valence-electron chi connectivity index (χ0n) is 16.7. The van der Waals surface area contributed by atoms with Gasteiger partial charge in [0.15, 0.2) is 0 Å². The van der Waals surface area contributed by atoms with E-state index in [0.717, 1.165) is 16.7 Å². The van der Waals surface area contributed by atoms with Gasteiger partial charge >= 0.3 is 5.97 Å². The number of hydrogen-bond acceptors (Lipinski definition) is 4. The molecule has 3 rings (SSSR count). The number of aliphatic hydroxyl groups is 1. The quantitative estimate of drug-likeness (QED) is 0.463. The topological polar surface area (TPSA) is 55.8 Å². The molecule has 0 aliphatic rings. The van der Waals surface area contributed by atoms with Crippen LogP contribution in [0.4, 0.5) is 0 Å². The number of aliphatic hydroxyl groups excluding tert-OH is 1. The first-order valence-electron chi connectivity index (χ1n) is 9.56. The standard InChI is InChI=1S/C25H26O4/c1-24(18-26,23(27)28-2)19-29-25(20-12-6-3-7-13-20,21-14-8-4-9-15-21)22-16-10-5-11-17-22/h3-17,26H,18-19H2,1-2H3/t24-/m1/s1. The molecule has 0 bridgehead atoms. The van der Waals surface area contributed by atoms with Gasteiger partial charge < -0.3 is 14.6 Å². The fraction of sp³-hybridized carbons (Fsp3) is 0.240. The van der Waals surface area contributed by atoms with Gasteiger partial charge in [0, 0.05) is 0 Å². The third-order valence-corrected chi connectivity index (χ3v) is 5.18. The van der Waals surface area contributed by atoms with Gasteiger partial charge in [-0.25, -0.2) is 0 Å². The van der Waals surface area contributed by atoms with Gasteiger partial charge in [0.25, 0.3) is 0 Å². The van der Waals surface area contributed by atoms with Gasteiger partial charge in [-0.15, -0.1) is 0 Å². The first kappa shape index (κ1) is 20.8. The van der Waals surface area contributed by atoms with Crippen LogP contribution in [0.3, 0.4) is 0 Å². The Morgan fingerprint density at radius 1 is 0.793 bits per heavy atom. The fourth-order valence-electron chi connectivity index (χ4n) is 3.45. The lowest BCUT2D eigenvalue weighted by atomic mass is 9.79. The van der Waals surface area contributed by atoms with Crippen molar-refractivity contribution in [2.24, 2.45) is 5.41 Å². The number of rotatable bonds is 8. The molecule has 29 heavy (non-hydrogen) atoms. The summed E-state index contributed by atoms with van der Waals surface area (Å²) in [5.41, 5.74) is 0.666. The van der Waals surface area contributed by atoms with E-state index in [4.69, 9.17) is 9.47 Å². The van der Waals surface area contributed by atoms with Gasteiger partial charge in [-0.1, -0.05) is 91.0 Å². The molecule has 0 aliphatic heterocycles. The van der Waals surface area contributed by atoms with E-state index < -0.39 is 17.0 Å². The van der Waals surface area contributed by atoms with Crippen molar-refractivity contribution in [3.8, 4) is 0 Å². The molecule has 0 saturated carbocycles. The molecule has 0 spiro atoms. The van der Waals surface area contributed by atoms with Crippen LogP contribution in [0.25, 0.3) is 0 Å². The number of carbonyl (C=O) groups excluding carboxylic acids is 1. The summed E-state index contributed by atoms with van der Waals surface area (Å²) in [5.74, 6) is -0.511. The van der Waals surface area contributed by atoms with Crippen LogP contribution in [0.1, 0.15) is 23.6 Å². The number of benzene rings is 3. The Kier molecular flexibility index (Phi) is 6.47. The normalized spacial score (nSPS) is 13.5. The minimum Gasteiger partial charge on any atom is -0.468 e. The largest absolute Gasteiger partial charge is 0.468 e. The number of ether oxygens (including phenoxy) is 2. The molecule has 4 heteroatoms. The predicted octanol–water partition coefficient (Wildman–Crippen LogP) is 4.17. The van der Waals surface area contributed by atoms with Gasteiger partial charge in [0.2, 0.25) is 0 Å². The minimum absolute atomic E-state index is 0.0190. The molecule has 4 nitrogen and oxygen atoms in total. The maximum atomic E-state index is 12.3. The van der Waals surface area contributed by atoms with E-state index in [1.54, 1.807) is 6.92 Å². The molecule has 0 radical (unpaired) electrons. The van der Waals surface area contributed by atoms with Crippen molar-refractivity contribution in [3.63, 3.8) is 0 Å². The first-order chi connectivity index (χ1) is 14.1. The molecule has 0 unspecified atom stereocenters. The Bertz CT molecular complexity index is 813.